The molecule has 0 amide bonds. The number of carbonyl (C=O) groups excluding carboxylic acids is 1. The largest absolute Gasteiger partial charge is 0.459 e. The van der Waals surface area contributed by atoms with Gasteiger partial charge in [-0.15, -0.1) is 0 Å². The third kappa shape index (κ3) is 1.62. The molecule has 4 aliphatic rings. The molecule has 0 N–H and O–H groups in total. The molecule has 2 heteroatoms. The van der Waals surface area contributed by atoms with Crippen LogP contribution in [0.25, 0.3) is 0 Å². The van der Waals surface area contributed by atoms with Crippen LogP contribution in [0.4, 0.5) is 0 Å². The van der Waals surface area contributed by atoms with Crippen molar-refractivity contribution in [2.24, 2.45) is 46.8 Å². The van der Waals surface area contributed by atoms with Gasteiger partial charge < -0.3 is 4.74 Å². The van der Waals surface area contributed by atoms with Crippen LogP contribution in [0.15, 0.2) is 12.2 Å². The lowest BCUT2D eigenvalue weighted by Crippen LogP contribution is -2.45. The van der Waals surface area contributed by atoms with Crippen LogP contribution in [-0.2, 0) is 9.53 Å². The average molecular weight is 288 g/mol. The third-order valence-electron chi connectivity index (χ3n) is 7.93. The zero-order valence-corrected chi connectivity index (χ0v) is 13.8. The summed E-state index contributed by atoms with van der Waals surface area (Å²) < 4.78 is 5.77. The van der Waals surface area contributed by atoms with Crippen LogP contribution in [0.2, 0.25) is 0 Å². The molecule has 4 rings (SSSR count). The second kappa shape index (κ2) is 4.14. The second-order valence-electron chi connectivity index (χ2n) is 8.89. The molecule has 116 valence electrons. The van der Waals surface area contributed by atoms with Gasteiger partial charge in [-0.25, -0.2) is 4.79 Å². The summed E-state index contributed by atoms with van der Waals surface area (Å²) in [6, 6.07) is 0. The van der Waals surface area contributed by atoms with Gasteiger partial charge in [0.2, 0.25) is 0 Å². The maximum absolute atomic E-state index is 11.9. The number of hydrogen-bond donors (Lipinski definition) is 0. The fraction of sp³-hybridized carbons (Fsp3) is 0.842. The summed E-state index contributed by atoms with van der Waals surface area (Å²) in [6.07, 6.45) is 4.02. The Kier molecular flexibility index (Phi) is 2.73. The van der Waals surface area contributed by atoms with Crippen LogP contribution < -0.4 is 0 Å². The molecule has 4 fully saturated rings. The van der Waals surface area contributed by atoms with E-state index >= 15 is 0 Å². The van der Waals surface area contributed by atoms with Crippen molar-refractivity contribution in [1.29, 1.82) is 0 Å². The zero-order valence-electron chi connectivity index (χ0n) is 13.8. The highest BCUT2D eigenvalue weighted by Gasteiger charge is 2.69. The maximum Gasteiger partial charge on any atom is 0.333 e. The molecule has 8 atom stereocenters. The van der Waals surface area contributed by atoms with Gasteiger partial charge in [0.25, 0.3) is 0 Å². The standard InChI is InChI=1S/C19H28O2/c1-9(2)18(20)21-15-7-11-6-13(15)17-12-8-14(16(11)17)19(4,5)10(12)3/h10-17H,1,6-8H2,2-5H3. The number of rotatable bonds is 2. The number of hydrogen-bond acceptors (Lipinski definition) is 2. The second-order valence-corrected chi connectivity index (χ2v) is 8.89. The molecule has 4 saturated carbocycles. The molecule has 0 aromatic rings. The number of esters is 1. The Balaban J connectivity index is 1.56. The molecule has 0 aromatic heterocycles. The van der Waals surface area contributed by atoms with E-state index in [-0.39, 0.29) is 12.1 Å². The summed E-state index contributed by atoms with van der Waals surface area (Å²) in [6.45, 7) is 12.9. The van der Waals surface area contributed by atoms with E-state index in [4.69, 9.17) is 4.74 Å². The van der Waals surface area contributed by atoms with Gasteiger partial charge in [0.15, 0.2) is 0 Å². The highest BCUT2D eigenvalue weighted by atomic mass is 16.5. The van der Waals surface area contributed by atoms with Crippen molar-refractivity contribution < 1.29 is 9.53 Å². The summed E-state index contributed by atoms with van der Waals surface area (Å²) in [7, 11) is 0. The Morgan fingerprint density at radius 1 is 1.14 bits per heavy atom. The molecule has 8 unspecified atom stereocenters. The molecular weight excluding hydrogens is 260 g/mol. The van der Waals surface area contributed by atoms with Gasteiger partial charge in [-0.1, -0.05) is 27.4 Å². The predicted molar refractivity (Wildman–Crippen MR) is 82.4 cm³/mol. The van der Waals surface area contributed by atoms with Crippen molar-refractivity contribution >= 4 is 5.97 Å². The Hall–Kier alpha value is -0.790. The van der Waals surface area contributed by atoms with Crippen LogP contribution in [0.1, 0.15) is 47.0 Å². The van der Waals surface area contributed by atoms with Crippen molar-refractivity contribution in [3.63, 3.8) is 0 Å². The van der Waals surface area contributed by atoms with Gasteiger partial charge in [0.1, 0.15) is 6.10 Å². The molecule has 0 saturated heterocycles. The molecule has 0 aliphatic heterocycles. The van der Waals surface area contributed by atoms with E-state index in [0.717, 1.165) is 41.9 Å². The van der Waals surface area contributed by atoms with Crippen molar-refractivity contribution in [3.05, 3.63) is 12.2 Å². The first-order valence-electron chi connectivity index (χ1n) is 8.69. The molecule has 0 aromatic carbocycles. The summed E-state index contributed by atoms with van der Waals surface area (Å²) in [5, 5.41) is 0. The van der Waals surface area contributed by atoms with Crippen molar-refractivity contribution in [1.82, 2.24) is 0 Å². The summed E-state index contributed by atoms with van der Waals surface area (Å²) in [4.78, 5) is 11.9. The van der Waals surface area contributed by atoms with E-state index in [0.29, 0.717) is 16.9 Å². The first kappa shape index (κ1) is 13.8. The average Bonchev–Trinajstić information content (AvgIpc) is 3.09. The van der Waals surface area contributed by atoms with Crippen LogP contribution >= 0.6 is 0 Å². The molecule has 4 aliphatic carbocycles. The minimum atomic E-state index is -0.180. The van der Waals surface area contributed by atoms with Gasteiger partial charge in [0.05, 0.1) is 0 Å². The van der Waals surface area contributed by atoms with Gasteiger partial charge in [0, 0.05) is 5.57 Å². The van der Waals surface area contributed by atoms with Crippen molar-refractivity contribution in [2.45, 2.75) is 53.1 Å². The highest BCUT2D eigenvalue weighted by molar-refractivity contribution is 5.87. The SMILES string of the molecule is C=C(C)C(=O)OC1CC2CC1C1C3CC(C21)C(C)(C)C3C. The highest BCUT2D eigenvalue weighted by Crippen LogP contribution is 2.73. The maximum atomic E-state index is 11.9. The molecule has 4 bridgehead atoms. The quantitative estimate of drug-likeness (QED) is 0.435. The van der Waals surface area contributed by atoms with Gasteiger partial charge >= 0.3 is 5.97 Å². The van der Waals surface area contributed by atoms with E-state index in [2.05, 4.69) is 27.4 Å². The van der Waals surface area contributed by atoms with Gasteiger partial charge in [-0.05, 0) is 73.0 Å². The third-order valence-corrected chi connectivity index (χ3v) is 7.93. The van der Waals surface area contributed by atoms with E-state index in [9.17, 15) is 4.79 Å². The molecule has 2 nitrogen and oxygen atoms in total. The molecule has 0 radical (unpaired) electrons. The fourth-order valence-corrected chi connectivity index (χ4v) is 6.80. The minimum Gasteiger partial charge on any atom is -0.459 e. The van der Waals surface area contributed by atoms with Crippen LogP contribution in [0, 0.1) is 46.8 Å². The van der Waals surface area contributed by atoms with E-state index in [1.165, 1.54) is 12.8 Å². The molecule has 0 spiro atoms. The molecular formula is C19H28O2. The van der Waals surface area contributed by atoms with Gasteiger partial charge in [-0.2, -0.15) is 0 Å². The first-order chi connectivity index (χ1) is 9.82. The number of fused-ring (bicyclic) bond motifs is 9. The van der Waals surface area contributed by atoms with Crippen LogP contribution in [-0.4, -0.2) is 12.1 Å². The topological polar surface area (TPSA) is 26.3 Å². The lowest BCUT2D eigenvalue weighted by molar-refractivity contribution is -0.150. The van der Waals surface area contributed by atoms with Crippen molar-refractivity contribution in [2.75, 3.05) is 0 Å². The smallest absolute Gasteiger partial charge is 0.333 e. The number of ether oxygens (including phenoxy) is 1. The van der Waals surface area contributed by atoms with E-state index in [1.807, 2.05) is 0 Å². The summed E-state index contributed by atoms with van der Waals surface area (Å²) >= 11 is 0. The van der Waals surface area contributed by atoms with E-state index < -0.39 is 0 Å². The summed E-state index contributed by atoms with van der Waals surface area (Å²) in [5.41, 5.74) is 1.05. The van der Waals surface area contributed by atoms with Crippen LogP contribution in [0.3, 0.4) is 0 Å². The normalized spacial score (nSPS) is 52.0. The van der Waals surface area contributed by atoms with E-state index in [1.54, 1.807) is 6.92 Å². The van der Waals surface area contributed by atoms with Gasteiger partial charge in [-0.3, -0.25) is 0 Å². The fourth-order valence-electron chi connectivity index (χ4n) is 6.80. The lowest BCUT2D eigenvalue weighted by atomic mass is 9.58. The predicted octanol–water partition coefficient (Wildman–Crippen LogP) is 4.06. The molecule has 0 heterocycles. The lowest BCUT2D eigenvalue weighted by Gasteiger charge is -2.48. The Morgan fingerprint density at radius 2 is 1.86 bits per heavy atom. The van der Waals surface area contributed by atoms with Crippen molar-refractivity contribution in [3.8, 4) is 0 Å². The Morgan fingerprint density at radius 3 is 2.52 bits per heavy atom. The summed E-state index contributed by atoms with van der Waals surface area (Å²) in [5.74, 6) is 5.63. The zero-order chi connectivity index (χ0) is 15.1. The first-order valence-corrected chi connectivity index (χ1v) is 8.69. The monoisotopic (exact) mass is 288 g/mol. The van der Waals surface area contributed by atoms with Crippen LogP contribution in [0.5, 0.6) is 0 Å². The minimum absolute atomic E-state index is 0.176. The Labute approximate surface area is 128 Å². The molecule has 21 heavy (non-hydrogen) atoms. The number of carbonyl (C=O) groups is 1. The Bertz CT molecular complexity index is 506.